The third-order valence-corrected chi connectivity index (χ3v) is 4.83. The molecule has 0 unspecified atom stereocenters. The second-order valence-corrected chi connectivity index (χ2v) is 6.99. The van der Waals surface area contributed by atoms with Gasteiger partial charge < -0.3 is 9.97 Å². The van der Waals surface area contributed by atoms with Crippen molar-refractivity contribution >= 4 is 11.6 Å². The first-order valence-electron chi connectivity index (χ1n) is 7.91. The van der Waals surface area contributed by atoms with Gasteiger partial charge in [-0.1, -0.05) is 0 Å². The van der Waals surface area contributed by atoms with Gasteiger partial charge in [0, 0.05) is 39.3 Å². The van der Waals surface area contributed by atoms with E-state index in [1.165, 1.54) is 0 Å². The molecule has 2 N–H and O–H groups in total. The van der Waals surface area contributed by atoms with Gasteiger partial charge in [-0.2, -0.15) is 0 Å². The zero-order valence-corrected chi connectivity index (χ0v) is 15.3. The topological polar surface area (TPSA) is 65.7 Å². The summed E-state index contributed by atoms with van der Waals surface area (Å²) in [6.07, 6.45) is 0. The van der Waals surface area contributed by atoms with Gasteiger partial charge in [0.2, 0.25) is 0 Å². The van der Waals surface area contributed by atoms with Crippen molar-refractivity contribution in [3.8, 4) is 0 Å². The van der Waals surface area contributed by atoms with Gasteiger partial charge in [-0.15, -0.1) is 0 Å². The van der Waals surface area contributed by atoms with E-state index in [2.05, 4.69) is 23.8 Å². The van der Waals surface area contributed by atoms with Crippen LogP contribution >= 0.6 is 0 Å². The molecule has 0 amide bonds. The first-order chi connectivity index (χ1) is 10.5. The molecule has 0 fully saturated rings. The molecule has 4 nitrogen and oxygen atoms in total. The van der Waals surface area contributed by atoms with Crippen LogP contribution in [-0.4, -0.2) is 21.5 Å². The lowest BCUT2D eigenvalue weighted by atomic mass is 9.81. The fraction of sp³-hybridized carbons (Fsp3) is 0.474. The molecule has 0 saturated heterocycles. The van der Waals surface area contributed by atoms with Crippen LogP contribution in [0.25, 0.3) is 0 Å². The maximum absolute atomic E-state index is 11.9. The van der Waals surface area contributed by atoms with E-state index >= 15 is 0 Å². The summed E-state index contributed by atoms with van der Waals surface area (Å²) < 4.78 is 0. The van der Waals surface area contributed by atoms with Crippen LogP contribution in [0.2, 0.25) is 0 Å². The molecule has 0 saturated carbocycles. The van der Waals surface area contributed by atoms with E-state index in [4.69, 9.17) is 0 Å². The van der Waals surface area contributed by atoms with Gasteiger partial charge in [0.05, 0.1) is 0 Å². The third-order valence-electron chi connectivity index (χ3n) is 4.83. The molecule has 0 bridgehead atoms. The average Bonchev–Trinajstić information content (AvgIpc) is 2.87. The molecule has 0 aliphatic rings. The highest BCUT2D eigenvalue weighted by Gasteiger charge is 2.33. The molecule has 2 aromatic heterocycles. The number of aromatic nitrogens is 2. The molecule has 0 aliphatic heterocycles. The largest absolute Gasteiger partial charge is 0.361 e. The Balaban J connectivity index is 2.69. The number of nitrogens with one attached hydrogen (secondary N) is 2. The monoisotopic (exact) mass is 314 g/mol. The lowest BCUT2D eigenvalue weighted by molar-refractivity contribution is 0.100. The number of Topliss-reactive ketones (excluding diaryl/α,β-unsaturated/α-hetero) is 2. The minimum Gasteiger partial charge on any atom is -0.361 e. The van der Waals surface area contributed by atoms with E-state index < -0.39 is 0 Å². The Morgan fingerprint density at radius 3 is 1.26 bits per heavy atom. The zero-order chi connectivity index (χ0) is 17.7. The number of hydrogen-bond acceptors (Lipinski definition) is 2. The van der Waals surface area contributed by atoms with Gasteiger partial charge in [0.15, 0.2) is 11.6 Å². The van der Waals surface area contributed by atoms with E-state index in [0.29, 0.717) is 0 Å². The first-order valence-corrected chi connectivity index (χ1v) is 7.91. The highest BCUT2D eigenvalue weighted by molar-refractivity contribution is 5.98. The average molecular weight is 314 g/mol. The Bertz CT molecular complexity index is 738. The van der Waals surface area contributed by atoms with Crippen molar-refractivity contribution in [3.63, 3.8) is 0 Å². The van der Waals surface area contributed by atoms with E-state index in [-0.39, 0.29) is 17.0 Å². The molecule has 23 heavy (non-hydrogen) atoms. The van der Waals surface area contributed by atoms with Crippen molar-refractivity contribution in [2.45, 2.75) is 60.8 Å². The van der Waals surface area contributed by atoms with E-state index in [9.17, 15) is 9.59 Å². The van der Waals surface area contributed by atoms with Gasteiger partial charge in [-0.3, -0.25) is 9.59 Å². The Kier molecular flexibility index (Phi) is 4.14. The van der Waals surface area contributed by atoms with Crippen LogP contribution < -0.4 is 0 Å². The van der Waals surface area contributed by atoms with E-state index in [1.54, 1.807) is 13.8 Å². The Morgan fingerprint density at radius 2 is 1.04 bits per heavy atom. The number of carbonyl (C=O) groups is 2. The van der Waals surface area contributed by atoms with Crippen molar-refractivity contribution in [3.05, 3.63) is 45.0 Å². The van der Waals surface area contributed by atoms with Gasteiger partial charge in [-0.25, -0.2) is 0 Å². The number of H-pyrrole nitrogens is 2. The second kappa shape index (κ2) is 5.52. The fourth-order valence-corrected chi connectivity index (χ4v) is 3.93. The molecule has 0 radical (unpaired) electrons. The summed E-state index contributed by atoms with van der Waals surface area (Å²) in [5.74, 6) is 0.143. The number of hydrogen-bond donors (Lipinski definition) is 2. The molecule has 4 heteroatoms. The number of ketones is 2. The molecule has 124 valence electrons. The standard InChI is InChI=1S/C19H26N2O2/c1-9-15(13(5)22)11(3)20-17(9)19(7,8)18-10(2)16(14(6)23)12(4)21-18/h20-21H,1-8H3. The minimum absolute atomic E-state index is 0.0714. The van der Waals surface area contributed by atoms with Crippen molar-refractivity contribution < 1.29 is 9.59 Å². The van der Waals surface area contributed by atoms with Crippen LogP contribution in [0.3, 0.4) is 0 Å². The number of aromatic amines is 2. The maximum atomic E-state index is 11.9. The zero-order valence-electron chi connectivity index (χ0n) is 15.3. The Hall–Kier alpha value is -2.10. The van der Waals surface area contributed by atoms with Crippen molar-refractivity contribution in [2.24, 2.45) is 0 Å². The summed E-state index contributed by atoms with van der Waals surface area (Å²) in [4.78, 5) is 30.6. The summed E-state index contributed by atoms with van der Waals surface area (Å²) in [5.41, 5.74) is 6.95. The summed E-state index contributed by atoms with van der Waals surface area (Å²) in [6.45, 7) is 15.2. The van der Waals surface area contributed by atoms with Crippen LogP contribution in [0, 0.1) is 27.7 Å². The highest BCUT2D eigenvalue weighted by atomic mass is 16.1. The van der Waals surface area contributed by atoms with Gasteiger partial charge >= 0.3 is 0 Å². The molecular weight excluding hydrogens is 288 g/mol. The number of rotatable bonds is 4. The van der Waals surface area contributed by atoms with Crippen LogP contribution in [0.15, 0.2) is 0 Å². The number of carbonyl (C=O) groups excluding carboxylic acids is 2. The van der Waals surface area contributed by atoms with E-state index in [1.807, 2.05) is 27.7 Å². The highest BCUT2D eigenvalue weighted by Crippen LogP contribution is 2.37. The SMILES string of the molecule is CC(=O)c1c(C)[nH]c(C(C)(C)c2[nH]c(C)c(C(C)=O)c2C)c1C. The summed E-state index contributed by atoms with van der Waals surface area (Å²) >= 11 is 0. The quantitative estimate of drug-likeness (QED) is 0.826. The fourth-order valence-electron chi connectivity index (χ4n) is 3.93. The normalized spacial score (nSPS) is 11.8. The van der Waals surface area contributed by atoms with Crippen LogP contribution in [-0.2, 0) is 5.41 Å². The molecule has 0 atom stereocenters. The molecule has 2 heterocycles. The maximum Gasteiger partial charge on any atom is 0.161 e. The van der Waals surface area contributed by atoms with Gasteiger partial charge in [0.1, 0.15) is 0 Å². The molecule has 2 aromatic rings. The minimum atomic E-state index is -0.356. The van der Waals surface area contributed by atoms with Crippen molar-refractivity contribution in [2.75, 3.05) is 0 Å². The van der Waals surface area contributed by atoms with Crippen LogP contribution in [0.4, 0.5) is 0 Å². The molecule has 0 spiro atoms. The lowest BCUT2D eigenvalue weighted by Gasteiger charge is -2.25. The van der Waals surface area contributed by atoms with E-state index in [0.717, 1.165) is 45.0 Å². The predicted octanol–water partition coefficient (Wildman–Crippen LogP) is 4.31. The Morgan fingerprint density at radius 1 is 0.739 bits per heavy atom. The number of aryl methyl sites for hydroxylation is 2. The summed E-state index contributed by atoms with van der Waals surface area (Å²) in [7, 11) is 0. The molecule has 0 aliphatic carbocycles. The van der Waals surface area contributed by atoms with Crippen molar-refractivity contribution in [1.29, 1.82) is 0 Å². The van der Waals surface area contributed by atoms with Crippen LogP contribution in [0.1, 0.15) is 82.3 Å². The molecule has 0 aromatic carbocycles. The Labute approximate surface area is 137 Å². The third kappa shape index (κ3) is 2.56. The van der Waals surface area contributed by atoms with Crippen LogP contribution in [0.5, 0.6) is 0 Å². The smallest absolute Gasteiger partial charge is 0.161 e. The lowest BCUT2D eigenvalue weighted by Crippen LogP contribution is -2.22. The van der Waals surface area contributed by atoms with Gasteiger partial charge in [0.25, 0.3) is 0 Å². The van der Waals surface area contributed by atoms with Crippen molar-refractivity contribution in [1.82, 2.24) is 9.97 Å². The second-order valence-electron chi connectivity index (χ2n) is 6.99. The predicted molar refractivity (Wildman–Crippen MR) is 92.7 cm³/mol. The molecular formula is C19H26N2O2. The first kappa shape index (κ1) is 17.3. The summed E-state index contributed by atoms with van der Waals surface area (Å²) in [6, 6.07) is 0. The molecule has 2 rings (SSSR count). The summed E-state index contributed by atoms with van der Waals surface area (Å²) in [5, 5.41) is 0. The van der Waals surface area contributed by atoms with Gasteiger partial charge in [-0.05, 0) is 66.5 Å².